The molecule has 1 heterocycles. The molecule has 4 aromatic rings. The second-order valence-electron chi connectivity index (χ2n) is 8.55. The van der Waals surface area contributed by atoms with Crippen LogP contribution in [0.15, 0.2) is 84.6 Å². The molecule has 37 heavy (non-hydrogen) atoms. The number of nitrogens with zero attached hydrogens (tertiary/aromatic N) is 3. The van der Waals surface area contributed by atoms with Crippen molar-refractivity contribution in [3.8, 4) is 28.8 Å². The number of ether oxygens (including phenoxy) is 1. The first-order valence-electron chi connectivity index (χ1n) is 12.1. The number of carbonyl (C=O) groups is 1. The van der Waals surface area contributed by atoms with Gasteiger partial charge in [0.2, 0.25) is 0 Å². The fourth-order valence-electron chi connectivity index (χ4n) is 3.66. The Kier molecular flexibility index (Phi) is 8.40. The zero-order valence-corrected chi connectivity index (χ0v) is 21.5. The van der Waals surface area contributed by atoms with E-state index in [2.05, 4.69) is 12.2 Å². The minimum Gasteiger partial charge on any atom is -0.492 e. The van der Waals surface area contributed by atoms with Gasteiger partial charge in [-0.2, -0.15) is 10.4 Å². The summed E-state index contributed by atoms with van der Waals surface area (Å²) in [6.07, 6.45) is 5.31. The molecule has 0 fully saturated rings. The summed E-state index contributed by atoms with van der Waals surface area (Å²) in [7, 11) is 0. The molecule has 4 rings (SSSR count). The van der Waals surface area contributed by atoms with E-state index in [1.165, 1.54) is 0 Å². The van der Waals surface area contributed by atoms with Crippen molar-refractivity contribution in [2.75, 3.05) is 11.9 Å². The molecule has 1 amide bonds. The Hall–Kier alpha value is -4.34. The summed E-state index contributed by atoms with van der Waals surface area (Å²) < 4.78 is 7.50. The van der Waals surface area contributed by atoms with Crippen molar-refractivity contribution in [2.45, 2.75) is 26.7 Å². The van der Waals surface area contributed by atoms with Crippen LogP contribution in [-0.2, 0) is 4.79 Å². The highest BCUT2D eigenvalue weighted by molar-refractivity contribution is 6.32. The van der Waals surface area contributed by atoms with E-state index >= 15 is 0 Å². The first kappa shape index (κ1) is 25.7. The maximum Gasteiger partial charge on any atom is 0.266 e. The number of unbranched alkanes of at least 4 members (excludes halogenated alkanes) is 1. The van der Waals surface area contributed by atoms with E-state index in [-0.39, 0.29) is 5.57 Å². The molecule has 0 aliphatic carbocycles. The molecule has 7 heteroatoms. The maximum atomic E-state index is 12.9. The highest BCUT2D eigenvalue weighted by atomic mass is 35.5. The van der Waals surface area contributed by atoms with Gasteiger partial charge in [-0.1, -0.05) is 60.8 Å². The van der Waals surface area contributed by atoms with Crippen molar-refractivity contribution in [1.82, 2.24) is 9.78 Å². The van der Waals surface area contributed by atoms with Gasteiger partial charge >= 0.3 is 0 Å². The topological polar surface area (TPSA) is 79.9 Å². The summed E-state index contributed by atoms with van der Waals surface area (Å²) in [5.74, 6) is 0.108. The van der Waals surface area contributed by atoms with Crippen molar-refractivity contribution >= 4 is 29.3 Å². The number of halogens is 1. The zero-order valence-electron chi connectivity index (χ0n) is 20.7. The molecule has 0 saturated carbocycles. The molecule has 0 radical (unpaired) electrons. The smallest absolute Gasteiger partial charge is 0.266 e. The van der Waals surface area contributed by atoms with Gasteiger partial charge in [0.05, 0.1) is 17.3 Å². The van der Waals surface area contributed by atoms with E-state index in [1.54, 1.807) is 35.2 Å². The number of amides is 1. The van der Waals surface area contributed by atoms with Crippen molar-refractivity contribution in [3.05, 3.63) is 101 Å². The van der Waals surface area contributed by atoms with Crippen LogP contribution in [-0.4, -0.2) is 22.3 Å². The van der Waals surface area contributed by atoms with Crippen molar-refractivity contribution in [2.24, 2.45) is 0 Å². The average molecular weight is 511 g/mol. The van der Waals surface area contributed by atoms with Gasteiger partial charge in [0.15, 0.2) is 0 Å². The van der Waals surface area contributed by atoms with Crippen LogP contribution < -0.4 is 10.1 Å². The quantitative estimate of drug-likeness (QED) is 0.146. The predicted molar refractivity (Wildman–Crippen MR) is 148 cm³/mol. The van der Waals surface area contributed by atoms with E-state index < -0.39 is 5.91 Å². The Morgan fingerprint density at radius 1 is 1.14 bits per heavy atom. The van der Waals surface area contributed by atoms with Gasteiger partial charge in [-0.25, -0.2) is 4.68 Å². The molecule has 186 valence electrons. The maximum absolute atomic E-state index is 12.9. The predicted octanol–water partition coefficient (Wildman–Crippen LogP) is 7.23. The van der Waals surface area contributed by atoms with Gasteiger partial charge in [-0.05, 0) is 61.9 Å². The summed E-state index contributed by atoms with van der Waals surface area (Å²) >= 11 is 6.53. The van der Waals surface area contributed by atoms with Crippen LogP contribution in [0.2, 0.25) is 5.02 Å². The minimum atomic E-state index is -0.498. The van der Waals surface area contributed by atoms with Crippen LogP contribution in [0.4, 0.5) is 5.69 Å². The van der Waals surface area contributed by atoms with E-state index in [0.717, 1.165) is 29.7 Å². The fourth-order valence-corrected chi connectivity index (χ4v) is 3.90. The number of para-hydroxylation sites is 1. The van der Waals surface area contributed by atoms with Crippen LogP contribution in [0.3, 0.4) is 0 Å². The van der Waals surface area contributed by atoms with Crippen LogP contribution in [0.1, 0.15) is 30.9 Å². The van der Waals surface area contributed by atoms with Crippen LogP contribution in [0.5, 0.6) is 5.75 Å². The third-order valence-electron chi connectivity index (χ3n) is 5.70. The van der Waals surface area contributed by atoms with E-state index in [4.69, 9.17) is 21.4 Å². The second-order valence-corrected chi connectivity index (χ2v) is 8.96. The Labute approximate surface area is 221 Å². The monoisotopic (exact) mass is 510 g/mol. The molecule has 1 N–H and O–H groups in total. The number of hydrogen-bond acceptors (Lipinski definition) is 4. The van der Waals surface area contributed by atoms with Crippen LogP contribution in [0.25, 0.3) is 23.0 Å². The number of rotatable bonds is 9. The summed E-state index contributed by atoms with van der Waals surface area (Å²) in [5, 5.41) is 17.8. The number of nitriles is 1. The van der Waals surface area contributed by atoms with Gasteiger partial charge in [-0.15, -0.1) is 0 Å². The third-order valence-corrected chi connectivity index (χ3v) is 5.99. The molecule has 0 bridgehead atoms. The summed E-state index contributed by atoms with van der Waals surface area (Å²) in [5.41, 5.74) is 4.42. The lowest BCUT2D eigenvalue weighted by Gasteiger charge is -2.09. The van der Waals surface area contributed by atoms with E-state index in [1.807, 2.05) is 67.6 Å². The van der Waals surface area contributed by atoms with Gasteiger partial charge < -0.3 is 10.1 Å². The number of nitrogens with one attached hydrogen (secondary N) is 1. The molecule has 0 unspecified atom stereocenters. The summed E-state index contributed by atoms with van der Waals surface area (Å²) in [4.78, 5) is 12.9. The molecule has 0 spiro atoms. The minimum absolute atomic E-state index is 0.0416. The fraction of sp³-hybridized carbons (Fsp3) is 0.167. The van der Waals surface area contributed by atoms with Crippen LogP contribution in [0, 0.1) is 18.3 Å². The number of benzene rings is 3. The first-order valence-corrected chi connectivity index (χ1v) is 12.4. The standard InChI is InChI=1S/C30H27ClN4O2/c1-3-4-16-37-28-15-12-22(18-27(28)31)29-24(20-35(34-29)26-8-6-5-7-9-26)17-23(19-32)30(36)33-25-13-10-21(2)11-14-25/h5-15,17-18,20H,3-4,16H2,1-2H3,(H,33,36). The lowest BCUT2D eigenvalue weighted by Crippen LogP contribution is -2.13. The first-order chi connectivity index (χ1) is 18.0. The van der Waals surface area contributed by atoms with E-state index in [9.17, 15) is 10.1 Å². The summed E-state index contributed by atoms with van der Waals surface area (Å²) in [6, 6.07) is 24.5. The van der Waals surface area contributed by atoms with Gasteiger partial charge in [0.25, 0.3) is 5.91 Å². The van der Waals surface area contributed by atoms with Gasteiger partial charge in [0.1, 0.15) is 23.1 Å². The molecule has 0 aliphatic heterocycles. The molecule has 6 nitrogen and oxygen atoms in total. The van der Waals surface area contributed by atoms with Gasteiger partial charge in [-0.3, -0.25) is 4.79 Å². The number of aromatic nitrogens is 2. The number of anilines is 1. The summed E-state index contributed by atoms with van der Waals surface area (Å²) in [6.45, 7) is 4.66. The Morgan fingerprint density at radius 3 is 2.57 bits per heavy atom. The molecule has 0 saturated heterocycles. The molecule has 1 aromatic heterocycles. The highest BCUT2D eigenvalue weighted by Crippen LogP contribution is 2.33. The molecular weight excluding hydrogens is 484 g/mol. The number of aryl methyl sites for hydroxylation is 1. The number of hydrogen-bond donors (Lipinski definition) is 1. The number of carbonyl (C=O) groups excluding carboxylic acids is 1. The van der Waals surface area contributed by atoms with Gasteiger partial charge in [0, 0.05) is 23.0 Å². The average Bonchev–Trinajstić information content (AvgIpc) is 3.34. The SMILES string of the molecule is CCCCOc1ccc(-c2nn(-c3ccccc3)cc2C=C(C#N)C(=O)Nc2ccc(C)cc2)cc1Cl. The Morgan fingerprint density at radius 2 is 1.89 bits per heavy atom. The Bertz CT molecular complexity index is 1450. The molecule has 3 aromatic carbocycles. The normalized spacial score (nSPS) is 11.1. The third kappa shape index (κ3) is 6.46. The molecule has 0 atom stereocenters. The van der Waals surface area contributed by atoms with Crippen LogP contribution >= 0.6 is 11.6 Å². The largest absolute Gasteiger partial charge is 0.492 e. The van der Waals surface area contributed by atoms with Crippen molar-refractivity contribution in [1.29, 1.82) is 5.26 Å². The Balaban J connectivity index is 1.71. The zero-order chi connectivity index (χ0) is 26.2. The van der Waals surface area contributed by atoms with Crippen molar-refractivity contribution in [3.63, 3.8) is 0 Å². The molecule has 0 aliphatic rings. The van der Waals surface area contributed by atoms with E-state index in [0.29, 0.717) is 34.3 Å². The lowest BCUT2D eigenvalue weighted by atomic mass is 10.1. The lowest BCUT2D eigenvalue weighted by molar-refractivity contribution is -0.112. The molecular formula is C30H27ClN4O2. The highest BCUT2D eigenvalue weighted by Gasteiger charge is 2.17. The van der Waals surface area contributed by atoms with Crippen molar-refractivity contribution < 1.29 is 9.53 Å². The second kappa shape index (κ2) is 12.1.